The minimum absolute atomic E-state index is 0.0935. The molecule has 10 heteroatoms. The number of hydrogen-bond acceptors (Lipinski definition) is 7. The number of rotatable bonds is 10. The van der Waals surface area contributed by atoms with Crippen LogP contribution in [0.3, 0.4) is 0 Å². The fourth-order valence-corrected chi connectivity index (χ4v) is 4.30. The van der Waals surface area contributed by atoms with Crippen molar-refractivity contribution in [2.24, 2.45) is 0 Å². The first-order chi connectivity index (χ1) is 16.2. The van der Waals surface area contributed by atoms with Crippen molar-refractivity contribution in [2.45, 2.75) is 18.3 Å². The van der Waals surface area contributed by atoms with E-state index < -0.39 is 0 Å². The molecule has 2 heterocycles. The quantitative estimate of drug-likeness (QED) is 0.458. The molecule has 0 atom stereocenters. The Labute approximate surface area is 196 Å². The second-order valence-electron chi connectivity index (χ2n) is 7.26. The molecule has 0 aliphatic carbocycles. The number of benzene rings is 2. The molecule has 1 aliphatic rings. The molecule has 0 saturated carbocycles. The highest BCUT2D eigenvalue weighted by atomic mass is 32.2. The lowest BCUT2D eigenvalue weighted by Gasteiger charge is -2.14. The molecular weight excluding hydrogens is 442 g/mol. The number of imide groups is 1. The molecule has 1 fully saturated rings. The molecule has 33 heavy (non-hydrogen) atoms. The number of aromatic nitrogens is 3. The lowest BCUT2D eigenvalue weighted by atomic mass is 10.1. The maximum absolute atomic E-state index is 12.4. The van der Waals surface area contributed by atoms with Gasteiger partial charge in [0.15, 0.2) is 11.0 Å². The average Bonchev–Trinajstić information content (AvgIpc) is 3.46. The molecule has 3 aromatic rings. The van der Waals surface area contributed by atoms with Crippen LogP contribution in [0, 0.1) is 0 Å². The van der Waals surface area contributed by atoms with Gasteiger partial charge in [-0.3, -0.25) is 9.69 Å². The van der Waals surface area contributed by atoms with E-state index in [0.29, 0.717) is 37.2 Å². The molecule has 9 nitrogen and oxygen atoms in total. The highest BCUT2D eigenvalue weighted by Crippen LogP contribution is 2.30. The standard InChI is InChI=1S/C23H25N5O4S/c1-31-14-13-27-20(25-26-23(27)33-16-21(29)28-12-11-24-22(28)30)15-32-19-10-6-5-9-18(19)17-7-3-2-4-8-17/h2-10H,11-16H2,1H3,(H,24,30). The van der Waals surface area contributed by atoms with Gasteiger partial charge in [-0.25, -0.2) is 4.79 Å². The van der Waals surface area contributed by atoms with Crippen molar-refractivity contribution in [3.8, 4) is 16.9 Å². The number of hydrogen-bond donors (Lipinski definition) is 1. The summed E-state index contributed by atoms with van der Waals surface area (Å²) in [7, 11) is 1.62. The van der Waals surface area contributed by atoms with Crippen LogP contribution in [0.5, 0.6) is 5.75 Å². The van der Waals surface area contributed by atoms with Crippen LogP contribution in [-0.4, -0.2) is 64.2 Å². The van der Waals surface area contributed by atoms with Crippen molar-refractivity contribution in [3.05, 3.63) is 60.4 Å². The van der Waals surface area contributed by atoms with Gasteiger partial charge >= 0.3 is 6.03 Å². The highest BCUT2D eigenvalue weighted by Gasteiger charge is 2.26. The molecule has 172 valence electrons. The van der Waals surface area contributed by atoms with Crippen LogP contribution in [0.4, 0.5) is 4.79 Å². The molecule has 1 saturated heterocycles. The molecule has 4 rings (SSSR count). The van der Waals surface area contributed by atoms with Crippen molar-refractivity contribution < 1.29 is 19.1 Å². The Bertz CT molecular complexity index is 1110. The number of carbonyl (C=O) groups is 2. The zero-order valence-electron chi connectivity index (χ0n) is 18.3. The smallest absolute Gasteiger partial charge is 0.324 e. The second-order valence-corrected chi connectivity index (χ2v) is 8.20. The van der Waals surface area contributed by atoms with Crippen LogP contribution in [0.1, 0.15) is 5.82 Å². The summed E-state index contributed by atoms with van der Waals surface area (Å²) >= 11 is 1.24. The normalized spacial score (nSPS) is 13.2. The molecule has 0 unspecified atom stereocenters. The Morgan fingerprint density at radius 1 is 1.12 bits per heavy atom. The Kier molecular flexibility index (Phi) is 7.59. The number of urea groups is 1. The predicted octanol–water partition coefficient (Wildman–Crippen LogP) is 2.81. The molecule has 0 bridgehead atoms. The van der Waals surface area contributed by atoms with Gasteiger partial charge in [0.1, 0.15) is 12.4 Å². The van der Waals surface area contributed by atoms with Crippen LogP contribution < -0.4 is 10.1 Å². The third-order valence-electron chi connectivity index (χ3n) is 5.12. The number of para-hydroxylation sites is 1. The molecule has 1 N–H and O–H groups in total. The van der Waals surface area contributed by atoms with Crippen molar-refractivity contribution in [1.29, 1.82) is 0 Å². The molecule has 0 spiro atoms. The topological polar surface area (TPSA) is 98.6 Å². The van der Waals surface area contributed by atoms with Crippen LogP contribution in [-0.2, 0) is 22.7 Å². The largest absolute Gasteiger partial charge is 0.485 e. The molecular formula is C23H25N5O4S. The number of thioether (sulfide) groups is 1. The van der Waals surface area contributed by atoms with E-state index in [-0.39, 0.29) is 24.3 Å². The summed E-state index contributed by atoms with van der Waals surface area (Å²) in [6.07, 6.45) is 0. The van der Waals surface area contributed by atoms with Crippen molar-refractivity contribution in [3.63, 3.8) is 0 Å². The minimum atomic E-state index is -0.354. The second kappa shape index (κ2) is 11.0. The maximum Gasteiger partial charge on any atom is 0.324 e. The van der Waals surface area contributed by atoms with Crippen LogP contribution in [0.2, 0.25) is 0 Å². The van der Waals surface area contributed by atoms with Crippen molar-refractivity contribution >= 4 is 23.7 Å². The van der Waals surface area contributed by atoms with Gasteiger partial charge in [0, 0.05) is 32.3 Å². The maximum atomic E-state index is 12.4. The van der Waals surface area contributed by atoms with Crippen LogP contribution in [0.15, 0.2) is 59.8 Å². The van der Waals surface area contributed by atoms with Gasteiger partial charge in [0.2, 0.25) is 5.91 Å². The van der Waals surface area contributed by atoms with Gasteiger partial charge in [0.05, 0.1) is 12.4 Å². The average molecular weight is 468 g/mol. The fraction of sp³-hybridized carbons (Fsp3) is 0.304. The first-order valence-electron chi connectivity index (χ1n) is 10.6. The number of nitrogens with one attached hydrogen (secondary N) is 1. The van der Waals surface area contributed by atoms with Gasteiger partial charge < -0.3 is 19.4 Å². The summed E-state index contributed by atoms with van der Waals surface area (Å²) in [5.74, 6) is 1.21. The third kappa shape index (κ3) is 5.52. The van der Waals surface area contributed by atoms with Gasteiger partial charge in [-0.2, -0.15) is 0 Å². The van der Waals surface area contributed by atoms with Gasteiger partial charge in [-0.05, 0) is 11.6 Å². The van der Waals surface area contributed by atoms with E-state index in [1.165, 1.54) is 16.7 Å². The number of nitrogens with zero attached hydrogens (tertiary/aromatic N) is 4. The Morgan fingerprint density at radius 2 is 1.91 bits per heavy atom. The van der Waals surface area contributed by atoms with E-state index in [4.69, 9.17) is 9.47 Å². The van der Waals surface area contributed by atoms with E-state index in [1.807, 2.05) is 59.2 Å². The van der Waals surface area contributed by atoms with E-state index >= 15 is 0 Å². The molecule has 3 amide bonds. The monoisotopic (exact) mass is 467 g/mol. The first kappa shape index (κ1) is 22.8. The summed E-state index contributed by atoms with van der Waals surface area (Å²) in [5.41, 5.74) is 2.06. The third-order valence-corrected chi connectivity index (χ3v) is 6.08. The zero-order valence-corrected chi connectivity index (χ0v) is 19.1. The number of ether oxygens (including phenoxy) is 2. The summed E-state index contributed by atoms with van der Waals surface area (Å²) in [4.78, 5) is 25.3. The SMILES string of the molecule is COCCn1c(COc2ccccc2-c2ccccc2)nnc1SCC(=O)N1CCNC1=O. The molecule has 1 aliphatic heterocycles. The van der Waals surface area contributed by atoms with E-state index in [2.05, 4.69) is 15.5 Å². The Morgan fingerprint density at radius 3 is 2.67 bits per heavy atom. The fourth-order valence-electron chi connectivity index (χ4n) is 3.44. The van der Waals surface area contributed by atoms with E-state index in [1.54, 1.807) is 7.11 Å². The summed E-state index contributed by atoms with van der Waals surface area (Å²) in [5, 5.41) is 11.7. The molecule has 2 aromatic carbocycles. The van der Waals surface area contributed by atoms with Gasteiger partial charge in [-0.15, -0.1) is 10.2 Å². The zero-order chi connectivity index (χ0) is 23.0. The highest BCUT2D eigenvalue weighted by molar-refractivity contribution is 7.99. The summed E-state index contributed by atoms with van der Waals surface area (Å²) in [6, 6.07) is 17.5. The lowest BCUT2D eigenvalue weighted by Crippen LogP contribution is -2.35. The Hall–Kier alpha value is -3.37. The summed E-state index contributed by atoms with van der Waals surface area (Å²) < 4.78 is 13.2. The minimum Gasteiger partial charge on any atom is -0.485 e. The summed E-state index contributed by atoms with van der Waals surface area (Å²) in [6.45, 7) is 2.05. The predicted molar refractivity (Wildman–Crippen MR) is 124 cm³/mol. The molecule has 0 radical (unpaired) electrons. The van der Waals surface area contributed by atoms with Crippen LogP contribution in [0.25, 0.3) is 11.1 Å². The van der Waals surface area contributed by atoms with Gasteiger partial charge in [-0.1, -0.05) is 60.3 Å². The number of methoxy groups -OCH3 is 1. The lowest BCUT2D eigenvalue weighted by molar-refractivity contribution is -0.124. The number of carbonyl (C=O) groups excluding carboxylic acids is 2. The molecule has 1 aromatic heterocycles. The van der Waals surface area contributed by atoms with Crippen LogP contribution >= 0.6 is 11.8 Å². The van der Waals surface area contributed by atoms with Crippen molar-refractivity contribution in [1.82, 2.24) is 25.0 Å². The van der Waals surface area contributed by atoms with Gasteiger partial charge in [0.25, 0.3) is 0 Å². The van der Waals surface area contributed by atoms with Crippen molar-refractivity contribution in [2.75, 3.05) is 32.6 Å². The number of amides is 3. The Balaban J connectivity index is 1.47. The first-order valence-corrected chi connectivity index (χ1v) is 11.5. The van der Waals surface area contributed by atoms with E-state index in [9.17, 15) is 9.59 Å². The van der Waals surface area contributed by atoms with E-state index in [0.717, 1.165) is 16.9 Å².